The number of sulfonamides is 1. The molecule has 1 aliphatic rings. The van der Waals surface area contributed by atoms with Gasteiger partial charge < -0.3 is 5.11 Å². The third-order valence-electron chi connectivity index (χ3n) is 3.00. The first-order chi connectivity index (χ1) is 9.23. The molecule has 0 radical (unpaired) electrons. The fraction of sp³-hybridized carbons (Fsp3) is 0.545. The van der Waals surface area contributed by atoms with Crippen LogP contribution in [0.4, 0.5) is 0 Å². The van der Waals surface area contributed by atoms with Gasteiger partial charge in [-0.1, -0.05) is 18.5 Å². The highest BCUT2D eigenvalue weighted by molar-refractivity contribution is 7.88. The van der Waals surface area contributed by atoms with Gasteiger partial charge in [0.1, 0.15) is 5.36 Å². The lowest BCUT2D eigenvalue weighted by Gasteiger charge is -2.25. The minimum Gasteiger partial charge on any atom is -0.351 e. The summed E-state index contributed by atoms with van der Waals surface area (Å²) in [6.45, 7) is 1.86. The lowest BCUT2D eigenvalue weighted by Crippen LogP contribution is -2.41. The molecule has 0 amide bonds. The largest absolute Gasteiger partial charge is 0.351 e. The molecule has 2 rings (SSSR count). The van der Waals surface area contributed by atoms with Crippen LogP contribution < -0.4 is 15.6 Å². The molecule has 7 nitrogen and oxygen atoms in total. The molecule has 2 heterocycles. The van der Waals surface area contributed by atoms with Gasteiger partial charge in [0.15, 0.2) is 5.49 Å². The lowest BCUT2D eigenvalue weighted by atomic mass is 10.0. The first kappa shape index (κ1) is 15.3. The van der Waals surface area contributed by atoms with Crippen molar-refractivity contribution in [3.05, 3.63) is 28.1 Å². The number of hydrogen-bond acceptors (Lipinski definition) is 6. The Labute approximate surface area is 121 Å². The standard InChI is InChI=1S/C11H15ClN4O3S/c1-3-7(5-14-20(2,18)19)11(17)15-9-4-8(12)6-13-10(9)16-11/h4,6-7,14,17H,3,5H2,1-2H3/t7-,11?/m1/s1. The highest BCUT2D eigenvalue weighted by atomic mass is 35.5. The molecule has 1 unspecified atom stereocenters. The van der Waals surface area contributed by atoms with Crippen molar-refractivity contribution in [2.24, 2.45) is 15.9 Å². The molecule has 1 aromatic heterocycles. The first-order valence-electron chi connectivity index (χ1n) is 6.02. The molecule has 0 aliphatic carbocycles. The van der Waals surface area contributed by atoms with Crippen LogP contribution in [-0.4, -0.2) is 37.2 Å². The number of fused-ring (bicyclic) bond motifs is 1. The SMILES string of the molecule is CC[C@H](CNS(C)(=O)=O)C1(O)N=c2cc(Cl)cnc2=N1. The van der Waals surface area contributed by atoms with Crippen LogP contribution in [0.3, 0.4) is 0 Å². The Kier molecular flexibility index (Phi) is 4.10. The van der Waals surface area contributed by atoms with Gasteiger partial charge in [0.05, 0.1) is 11.3 Å². The molecule has 20 heavy (non-hydrogen) atoms. The molecule has 0 saturated carbocycles. The molecule has 1 aromatic rings. The molecular weight excluding hydrogens is 304 g/mol. The van der Waals surface area contributed by atoms with Crippen molar-refractivity contribution in [2.45, 2.75) is 19.2 Å². The monoisotopic (exact) mass is 318 g/mol. The summed E-state index contributed by atoms with van der Waals surface area (Å²) in [5.74, 6) is -2.21. The molecule has 2 atom stereocenters. The molecule has 9 heteroatoms. The second kappa shape index (κ2) is 5.36. The maximum Gasteiger partial charge on any atom is 0.260 e. The molecule has 0 spiro atoms. The van der Waals surface area contributed by atoms with E-state index in [2.05, 4.69) is 19.7 Å². The number of hydrogen-bond donors (Lipinski definition) is 2. The number of pyridine rings is 1. The van der Waals surface area contributed by atoms with E-state index in [1.165, 1.54) is 6.20 Å². The maximum atomic E-state index is 11.2. The third kappa shape index (κ3) is 3.32. The number of halogens is 1. The van der Waals surface area contributed by atoms with Gasteiger partial charge in [-0.3, -0.25) is 0 Å². The Hall–Kier alpha value is -1.09. The van der Waals surface area contributed by atoms with Gasteiger partial charge in [-0.25, -0.2) is 28.1 Å². The maximum absolute atomic E-state index is 11.2. The fourth-order valence-electron chi connectivity index (χ4n) is 1.94. The number of aliphatic hydroxyl groups is 1. The van der Waals surface area contributed by atoms with E-state index in [-0.39, 0.29) is 6.54 Å². The number of nitrogens with zero attached hydrogens (tertiary/aromatic N) is 3. The van der Waals surface area contributed by atoms with Crippen LogP contribution in [0, 0.1) is 5.92 Å². The van der Waals surface area contributed by atoms with Crippen molar-refractivity contribution in [3.8, 4) is 0 Å². The predicted octanol–water partition coefficient (Wildman–Crippen LogP) is -0.791. The summed E-state index contributed by atoms with van der Waals surface area (Å²) in [5, 5.41) is 11.3. The van der Waals surface area contributed by atoms with Gasteiger partial charge in [0, 0.05) is 18.7 Å². The van der Waals surface area contributed by atoms with Crippen molar-refractivity contribution in [1.29, 1.82) is 0 Å². The average Bonchev–Trinajstić information content (AvgIpc) is 2.64. The van der Waals surface area contributed by atoms with Crippen molar-refractivity contribution in [2.75, 3.05) is 12.8 Å². The van der Waals surface area contributed by atoms with E-state index in [4.69, 9.17) is 11.6 Å². The van der Waals surface area contributed by atoms with E-state index in [0.717, 1.165) is 6.26 Å². The summed E-state index contributed by atoms with van der Waals surface area (Å²) in [6, 6.07) is 1.56. The lowest BCUT2D eigenvalue weighted by molar-refractivity contribution is -0.00321. The second-order valence-electron chi connectivity index (χ2n) is 4.63. The molecule has 0 fully saturated rings. The fourth-order valence-corrected chi connectivity index (χ4v) is 2.59. The normalized spacial score (nSPS) is 22.8. The number of rotatable bonds is 5. The Morgan fingerprint density at radius 2 is 2.20 bits per heavy atom. The van der Waals surface area contributed by atoms with Gasteiger partial charge in [-0.05, 0) is 12.5 Å². The van der Waals surface area contributed by atoms with E-state index in [0.29, 0.717) is 22.3 Å². The molecule has 2 N–H and O–H groups in total. The second-order valence-corrected chi connectivity index (χ2v) is 6.90. The summed E-state index contributed by atoms with van der Waals surface area (Å²) in [5.41, 5.74) is 0.301. The molecule has 1 aliphatic heterocycles. The summed E-state index contributed by atoms with van der Waals surface area (Å²) in [4.78, 5) is 12.2. The van der Waals surface area contributed by atoms with E-state index in [9.17, 15) is 13.5 Å². The molecule has 0 saturated heterocycles. The minimum absolute atomic E-state index is 0.0422. The summed E-state index contributed by atoms with van der Waals surface area (Å²) >= 11 is 5.81. The highest BCUT2D eigenvalue weighted by Gasteiger charge is 2.37. The number of nitrogens with one attached hydrogen (secondary N) is 1. The zero-order valence-electron chi connectivity index (χ0n) is 11.0. The molecule has 0 bridgehead atoms. The summed E-state index contributed by atoms with van der Waals surface area (Å²) < 4.78 is 24.7. The van der Waals surface area contributed by atoms with Crippen molar-refractivity contribution >= 4 is 21.6 Å². The smallest absolute Gasteiger partial charge is 0.260 e. The van der Waals surface area contributed by atoms with Crippen LogP contribution >= 0.6 is 11.6 Å². The van der Waals surface area contributed by atoms with Crippen LogP contribution in [0.2, 0.25) is 5.02 Å². The molecule has 110 valence electrons. The molecule has 0 aromatic carbocycles. The van der Waals surface area contributed by atoms with Crippen LogP contribution in [0.1, 0.15) is 13.3 Å². The van der Waals surface area contributed by atoms with Gasteiger partial charge in [0.25, 0.3) is 5.85 Å². The Morgan fingerprint density at radius 1 is 1.50 bits per heavy atom. The van der Waals surface area contributed by atoms with Gasteiger partial charge in [-0.2, -0.15) is 0 Å². The zero-order chi connectivity index (χ0) is 15.0. The zero-order valence-corrected chi connectivity index (χ0v) is 12.6. The van der Waals surface area contributed by atoms with Crippen LogP contribution in [0.15, 0.2) is 22.2 Å². The van der Waals surface area contributed by atoms with E-state index < -0.39 is 21.8 Å². The van der Waals surface area contributed by atoms with Gasteiger partial charge >= 0.3 is 0 Å². The quantitative estimate of drug-likeness (QED) is 0.742. The van der Waals surface area contributed by atoms with Gasteiger partial charge in [0.2, 0.25) is 10.0 Å². The van der Waals surface area contributed by atoms with Crippen LogP contribution in [0.5, 0.6) is 0 Å². The van der Waals surface area contributed by atoms with E-state index >= 15 is 0 Å². The van der Waals surface area contributed by atoms with Crippen molar-refractivity contribution in [1.82, 2.24) is 9.71 Å². The third-order valence-corrected chi connectivity index (χ3v) is 3.90. The summed E-state index contributed by atoms with van der Waals surface area (Å²) in [6.07, 6.45) is 2.97. The van der Waals surface area contributed by atoms with Crippen molar-refractivity contribution in [3.63, 3.8) is 0 Å². The predicted molar refractivity (Wildman–Crippen MR) is 73.1 cm³/mol. The van der Waals surface area contributed by atoms with E-state index in [1.54, 1.807) is 6.07 Å². The topological polar surface area (TPSA) is 104 Å². The minimum atomic E-state index is -3.34. The summed E-state index contributed by atoms with van der Waals surface area (Å²) in [7, 11) is -3.34. The number of aromatic nitrogens is 1. The highest BCUT2D eigenvalue weighted by Crippen LogP contribution is 2.24. The van der Waals surface area contributed by atoms with Crippen LogP contribution in [-0.2, 0) is 10.0 Å². The first-order valence-corrected chi connectivity index (χ1v) is 8.29. The Morgan fingerprint density at radius 3 is 2.80 bits per heavy atom. The van der Waals surface area contributed by atoms with Gasteiger partial charge in [-0.15, -0.1) is 0 Å². The average molecular weight is 319 g/mol. The molecular formula is C11H15ClN4O3S. The van der Waals surface area contributed by atoms with Crippen LogP contribution in [0.25, 0.3) is 0 Å². The van der Waals surface area contributed by atoms with E-state index in [1.807, 2.05) is 6.92 Å². The Bertz CT molecular complexity index is 737. The van der Waals surface area contributed by atoms with Crippen molar-refractivity contribution < 1.29 is 13.5 Å². The Balaban J connectivity index is 2.31.